The molecule has 15 heavy (non-hydrogen) atoms. The lowest BCUT2D eigenvalue weighted by atomic mass is 10.1. The van der Waals surface area contributed by atoms with Crippen molar-refractivity contribution < 1.29 is 4.74 Å². The average Bonchev–Trinajstić information content (AvgIpc) is 2.66. The number of benzene rings is 1. The summed E-state index contributed by atoms with van der Waals surface area (Å²) >= 11 is 1.68. The Morgan fingerprint density at radius 1 is 1.27 bits per heavy atom. The van der Waals surface area contributed by atoms with E-state index in [0.29, 0.717) is 6.61 Å². The molecule has 0 amide bonds. The number of hydrogen-bond acceptors (Lipinski definition) is 3. The zero-order valence-electron chi connectivity index (χ0n) is 8.86. The molecule has 0 aliphatic heterocycles. The number of aryl methyl sites for hydroxylation is 1. The molecule has 0 fully saturated rings. The second-order valence-electron chi connectivity index (χ2n) is 3.40. The van der Waals surface area contributed by atoms with E-state index in [1.54, 1.807) is 18.4 Å². The van der Waals surface area contributed by atoms with Crippen LogP contribution in [0.2, 0.25) is 0 Å². The van der Waals surface area contributed by atoms with Crippen molar-refractivity contribution in [3.8, 4) is 10.4 Å². The first-order chi connectivity index (χ1) is 7.31. The van der Waals surface area contributed by atoms with Crippen LogP contribution in [0.3, 0.4) is 0 Å². The van der Waals surface area contributed by atoms with Crippen LogP contribution in [0.4, 0.5) is 0 Å². The topological polar surface area (TPSA) is 22.1 Å². The van der Waals surface area contributed by atoms with E-state index in [1.165, 1.54) is 16.0 Å². The molecule has 2 aromatic rings. The van der Waals surface area contributed by atoms with E-state index in [9.17, 15) is 0 Å². The van der Waals surface area contributed by atoms with Gasteiger partial charge in [0.1, 0.15) is 0 Å². The number of ether oxygens (including phenoxy) is 1. The number of rotatable bonds is 3. The minimum atomic E-state index is 0.669. The van der Waals surface area contributed by atoms with Gasteiger partial charge in [0, 0.05) is 7.11 Å². The van der Waals surface area contributed by atoms with Gasteiger partial charge >= 0.3 is 0 Å². The molecule has 0 radical (unpaired) electrons. The molecule has 1 aromatic carbocycles. The van der Waals surface area contributed by atoms with Gasteiger partial charge in [0.2, 0.25) is 0 Å². The fraction of sp³-hybridized carbons (Fsp3) is 0.250. The molecule has 78 valence electrons. The Hall–Kier alpha value is -1.19. The standard InChI is InChI=1S/C12H13NOS/c1-9-12(15-8-13-9)11-5-3-10(4-6-11)7-14-2/h3-6,8H,7H2,1-2H3. The molecule has 0 saturated carbocycles. The third-order valence-corrected chi connectivity index (χ3v) is 3.25. The van der Waals surface area contributed by atoms with E-state index in [2.05, 4.69) is 29.2 Å². The molecule has 0 bridgehead atoms. The van der Waals surface area contributed by atoms with Gasteiger partial charge in [-0.25, -0.2) is 4.98 Å². The van der Waals surface area contributed by atoms with Crippen LogP contribution >= 0.6 is 11.3 Å². The van der Waals surface area contributed by atoms with Gasteiger partial charge in [-0.15, -0.1) is 11.3 Å². The Labute approximate surface area is 93.6 Å². The molecule has 2 rings (SSSR count). The van der Waals surface area contributed by atoms with Gasteiger partial charge < -0.3 is 4.74 Å². The molecule has 0 N–H and O–H groups in total. The molecular formula is C12H13NOS. The summed E-state index contributed by atoms with van der Waals surface area (Å²) < 4.78 is 5.07. The van der Waals surface area contributed by atoms with Gasteiger partial charge in [-0.3, -0.25) is 0 Å². The van der Waals surface area contributed by atoms with Crippen LogP contribution in [0.15, 0.2) is 29.8 Å². The smallest absolute Gasteiger partial charge is 0.0801 e. The van der Waals surface area contributed by atoms with Crippen molar-refractivity contribution in [2.45, 2.75) is 13.5 Å². The Bertz CT molecular complexity index is 433. The number of thiazole rings is 1. The van der Waals surface area contributed by atoms with Crippen molar-refractivity contribution in [1.29, 1.82) is 0 Å². The van der Waals surface area contributed by atoms with Gasteiger partial charge in [0.25, 0.3) is 0 Å². The van der Waals surface area contributed by atoms with E-state index >= 15 is 0 Å². The summed E-state index contributed by atoms with van der Waals surface area (Å²) in [6.45, 7) is 2.71. The zero-order chi connectivity index (χ0) is 10.7. The Kier molecular flexibility index (Phi) is 3.14. The maximum absolute atomic E-state index is 5.07. The summed E-state index contributed by atoms with van der Waals surface area (Å²) in [6.07, 6.45) is 0. The van der Waals surface area contributed by atoms with Gasteiger partial charge in [-0.2, -0.15) is 0 Å². The van der Waals surface area contributed by atoms with Crippen LogP contribution in [0.1, 0.15) is 11.3 Å². The molecule has 0 saturated heterocycles. The minimum Gasteiger partial charge on any atom is -0.380 e. The van der Waals surface area contributed by atoms with Crippen molar-refractivity contribution in [2.75, 3.05) is 7.11 Å². The lowest BCUT2D eigenvalue weighted by Crippen LogP contribution is -1.86. The second kappa shape index (κ2) is 4.55. The van der Waals surface area contributed by atoms with E-state index in [0.717, 1.165) is 5.69 Å². The normalized spacial score (nSPS) is 10.5. The molecule has 0 spiro atoms. The van der Waals surface area contributed by atoms with Crippen LogP contribution in [-0.2, 0) is 11.3 Å². The lowest BCUT2D eigenvalue weighted by Gasteiger charge is -2.02. The first kappa shape index (κ1) is 10.3. The SMILES string of the molecule is COCc1ccc(-c2scnc2C)cc1. The van der Waals surface area contributed by atoms with Gasteiger partial charge in [-0.05, 0) is 18.1 Å². The number of nitrogens with zero attached hydrogens (tertiary/aromatic N) is 1. The zero-order valence-corrected chi connectivity index (χ0v) is 9.67. The molecule has 0 aliphatic carbocycles. The molecule has 1 aromatic heterocycles. The largest absolute Gasteiger partial charge is 0.380 e. The van der Waals surface area contributed by atoms with Crippen LogP contribution in [-0.4, -0.2) is 12.1 Å². The summed E-state index contributed by atoms with van der Waals surface area (Å²) in [6, 6.07) is 8.43. The van der Waals surface area contributed by atoms with Gasteiger partial charge in [-0.1, -0.05) is 24.3 Å². The highest BCUT2D eigenvalue weighted by Gasteiger charge is 2.03. The third kappa shape index (κ3) is 2.25. The average molecular weight is 219 g/mol. The van der Waals surface area contributed by atoms with E-state index in [4.69, 9.17) is 4.74 Å². The fourth-order valence-electron chi connectivity index (χ4n) is 1.50. The fourth-order valence-corrected chi connectivity index (χ4v) is 2.31. The molecular weight excluding hydrogens is 206 g/mol. The molecule has 0 atom stereocenters. The number of hydrogen-bond donors (Lipinski definition) is 0. The lowest BCUT2D eigenvalue weighted by molar-refractivity contribution is 0.185. The summed E-state index contributed by atoms with van der Waals surface area (Å²) in [7, 11) is 1.71. The monoisotopic (exact) mass is 219 g/mol. The summed E-state index contributed by atoms with van der Waals surface area (Å²) in [5.74, 6) is 0. The van der Waals surface area contributed by atoms with E-state index in [1.807, 2.05) is 12.4 Å². The van der Waals surface area contributed by atoms with Crippen LogP contribution in [0, 0.1) is 6.92 Å². The second-order valence-corrected chi connectivity index (χ2v) is 4.25. The van der Waals surface area contributed by atoms with Gasteiger partial charge in [0.15, 0.2) is 0 Å². The Morgan fingerprint density at radius 2 is 2.00 bits per heavy atom. The Morgan fingerprint density at radius 3 is 2.53 bits per heavy atom. The quantitative estimate of drug-likeness (QED) is 0.790. The Balaban J connectivity index is 2.28. The summed E-state index contributed by atoms with van der Waals surface area (Å²) in [4.78, 5) is 5.49. The van der Waals surface area contributed by atoms with Crippen molar-refractivity contribution in [3.63, 3.8) is 0 Å². The first-order valence-corrected chi connectivity index (χ1v) is 5.67. The minimum absolute atomic E-state index is 0.669. The van der Waals surface area contributed by atoms with Crippen LogP contribution in [0.25, 0.3) is 10.4 Å². The van der Waals surface area contributed by atoms with E-state index in [-0.39, 0.29) is 0 Å². The summed E-state index contributed by atoms with van der Waals surface area (Å²) in [5.41, 5.74) is 5.41. The molecule has 3 heteroatoms. The first-order valence-electron chi connectivity index (χ1n) is 4.79. The van der Waals surface area contributed by atoms with Crippen molar-refractivity contribution in [3.05, 3.63) is 41.0 Å². The number of aromatic nitrogens is 1. The molecule has 1 heterocycles. The van der Waals surface area contributed by atoms with Gasteiger partial charge in [0.05, 0.1) is 22.7 Å². The molecule has 2 nitrogen and oxygen atoms in total. The molecule has 0 aliphatic rings. The van der Waals surface area contributed by atoms with Crippen LogP contribution in [0.5, 0.6) is 0 Å². The highest BCUT2D eigenvalue weighted by atomic mass is 32.1. The predicted octanol–water partition coefficient (Wildman–Crippen LogP) is 3.26. The highest BCUT2D eigenvalue weighted by Crippen LogP contribution is 2.27. The van der Waals surface area contributed by atoms with E-state index < -0.39 is 0 Å². The van der Waals surface area contributed by atoms with Crippen molar-refractivity contribution >= 4 is 11.3 Å². The third-order valence-electron chi connectivity index (χ3n) is 2.27. The highest BCUT2D eigenvalue weighted by molar-refractivity contribution is 7.13. The summed E-state index contributed by atoms with van der Waals surface area (Å²) in [5, 5.41) is 0. The maximum Gasteiger partial charge on any atom is 0.0801 e. The van der Waals surface area contributed by atoms with Crippen molar-refractivity contribution in [1.82, 2.24) is 4.98 Å². The maximum atomic E-state index is 5.07. The van der Waals surface area contributed by atoms with Crippen molar-refractivity contribution in [2.24, 2.45) is 0 Å². The predicted molar refractivity (Wildman–Crippen MR) is 63.0 cm³/mol. The number of methoxy groups -OCH3 is 1. The molecule has 0 unspecified atom stereocenters. The van der Waals surface area contributed by atoms with Crippen LogP contribution < -0.4 is 0 Å².